The van der Waals surface area contributed by atoms with Crippen LogP contribution in [0.25, 0.3) is 0 Å². The number of nitrogens with two attached hydrogens (primary N) is 1. The van der Waals surface area contributed by atoms with Crippen LogP contribution in [-0.2, 0) is 0 Å². The van der Waals surface area contributed by atoms with Crippen molar-refractivity contribution in [1.82, 2.24) is 10.6 Å². The van der Waals surface area contributed by atoms with E-state index in [0.29, 0.717) is 12.6 Å². The molecule has 1 aliphatic heterocycles. The largest absolute Gasteiger partial charge is 0.327 e. The van der Waals surface area contributed by atoms with Gasteiger partial charge >= 0.3 is 0 Å². The van der Waals surface area contributed by atoms with Gasteiger partial charge in [-0.05, 0) is 31.4 Å². The molecule has 19 heavy (non-hydrogen) atoms. The molecule has 0 aromatic heterocycles. The summed E-state index contributed by atoms with van der Waals surface area (Å²) in [6.45, 7) is 11.4. The van der Waals surface area contributed by atoms with Crippen molar-refractivity contribution in [3.05, 3.63) is 47.6 Å². The molecule has 0 radical (unpaired) electrons. The average molecular weight is 261 g/mol. The lowest BCUT2D eigenvalue weighted by molar-refractivity contribution is 0.482. The van der Waals surface area contributed by atoms with Crippen molar-refractivity contribution in [1.29, 1.82) is 0 Å². The summed E-state index contributed by atoms with van der Waals surface area (Å²) in [6.07, 6.45) is 9.46. The summed E-state index contributed by atoms with van der Waals surface area (Å²) in [5.41, 5.74) is 9.49. The van der Waals surface area contributed by atoms with E-state index in [0.717, 1.165) is 26.1 Å². The maximum atomic E-state index is 5.55. The molecule has 0 aliphatic carbocycles. The minimum atomic E-state index is 0.487. The number of allylic oxidation sites excluding steroid dienone is 2. The fourth-order valence-electron chi connectivity index (χ4n) is 2.15. The Bertz CT molecular complexity index is 377. The molecule has 1 unspecified atom stereocenters. The Labute approximate surface area is 117 Å². The maximum Gasteiger partial charge on any atom is 0.0236 e. The monoisotopic (exact) mass is 261 g/mol. The highest BCUT2D eigenvalue weighted by Gasteiger charge is 2.16. The maximum absolute atomic E-state index is 5.55. The van der Waals surface area contributed by atoms with Crippen LogP contribution in [0.2, 0.25) is 0 Å². The Hall–Kier alpha value is -1.16. The van der Waals surface area contributed by atoms with Crippen molar-refractivity contribution in [2.75, 3.05) is 26.2 Å². The van der Waals surface area contributed by atoms with Crippen molar-refractivity contribution in [2.45, 2.75) is 26.3 Å². The Balaban J connectivity index is 2.42. The third-order valence-corrected chi connectivity index (χ3v) is 3.38. The molecule has 4 N–H and O–H groups in total. The van der Waals surface area contributed by atoms with Gasteiger partial charge in [-0.3, -0.25) is 0 Å². The quantitative estimate of drug-likeness (QED) is 0.484. The van der Waals surface area contributed by atoms with Crippen LogP contribution in [0, 0.1) is 0 Å². The van der Waals surface area contributed by atoms with Crippen molar-refractivity contribution in [2.24, 2.45) is 5.73 Å². The fourth-order valence-corrected chi connectivity index (χ4v) is 2.15. The van der Waals surface area contributed by atoms with Crippen LogP contribution in [-0.4, -0.2) is 32.2 Å². The Kier molecular flexibility index (Phi) is 7.41. The average Bonchev–Trinajstić information content (AvgIpc) is 2.44. The lowest BCUT2D eigenvalue weighted by Crippen LogP contribution is -2.42. The Morgan fingerprint density at radius 1 is 1.53 bits per heavy atom. The molecule has 1 heterocycles. The standard InChI is InChI=1S/C16H27N3/c1-4-6-15-9-16(19-11-14(15)5-2)12-18-8-7-13(3)10-17/h4-7,16,18-19H,2,8-12,17H2,1,3H3/b6-4-,13-7-. The summed E-state index contributed by atoms with van der Waals surface area (Å²) in [5, 5.41) is 6.99. The van der Waals surface area contributed by atoms with E-state index in [9.17, 15) is 0 Å². The van der Waals surface area contributed by atoms with E-state index < -0.39 is 0 Å². The third-order valence-electron chi connectivity index (χ3n) is 3.38. The summed E-state index contributed by atoms with van der Waals surface area (Å²) in [4.78, 5) is 0. The van der Waals surface area contributed by atoms with Crippen LogP contribution < -0.4 is 16.4 Å². The first kappa shape index (κ1) is 15.9. The lowest BCUT2D eigenvalue weighted by atomic mass is 9.95. The predicted octanol–water partition coefficient (Wildman–Crippen LogP) is 1.90. The van der Waals surface area contributed by atoms with Crippen LogP contribution in [0.1, 0.15) is 20.3 Å². The van der Waals surface area contributed by atoms with Gasteiger partial charge in [-0.2, -0.15) is 0 Å². The van der Waals surface area contributed by atoms with Gasteiger partial charge in [-0.15, -0.1) is 0 Å². The molecule has 0 bridgehead atoms. The molecule has 1 atom stereocenters. The molecule has 0 spiro atoms. The van der Waals surface area contributed by atoms with Gasteiger partial charge in [-0.1, -0.05) is 36.5 Å². The minimum absolute atomic E-state index is 0.487. The summed E-state index contributed by atoms with van der Waals surface area (Å²) in [6, 6.07) is 0.487. The van der Waals surface area contributed by atoms with Crippen LogP contribution in [0.3, 0.4) is 0 Å². The van der Waals surface area contributed by atoms with Crippen molar-refractivity contribution in [3.8, 4) is 0 Å². The molecule has 0 amide bonds. The van der Waals surface area contributed by atoms with E-state index in [2.05, 4.69) is 49.3 Å². The van der Waals surface area contributed by atoms with Gasteiger partial charge in [-0.25, -0.2) is 0 Å². The molecule has 106 valence electrons. The molecule has 1 rings (SSSR count). The van der Waals surface area contributed by atoms with E-state index >= 15 is 0 Å². The summed E-state index contributed by atoms with van der Waals surface area (Å²) in [5.74, 6) is 0. The SMILES string of the molecule is C=CC1=C(/C=C\C)CC(CNC/C=C(/C)CN)NC1. The van der Waals surface area contributed by atoms with Crippen molar-refractivity contribution in [3.63, 3.8) is 0 Å². The normalized spacial score (nSPS) is 21.2. The van der Waals surface area contributed by atoms with Crippen LogP contribution in [0.4, 0.5) is 0 Å². The predicted molar refractivity (Wildman–Crippen MR) is 84.1 cm³/mol. The Morgan fingerprint density at radius 2 is 2.32 bits per heavy atom. The first-order valence-electron chi connectivity index (χ1n) is 6.98. The van der Waals surface area contributed by atoms with E-state index in [-0.39, 0.29) is 0 Å². The molecule has 0 saturated heterocycles. The van der Waals surface area contributed by atoms with Gasteiger partial charge in [0.05, 0.1) is 0 Å². The zero-order chi connectivity index (χ0) is 14.1. The first-order chi connectivity index (χ1) is 9.21. The highest BCUT2D eigenvalue weighted by atomic mass is 15.0. The molecule has 3 heteroatoms. The highest BCUT2D eigenvalue weighted by Crippen LogP contribution is 2.18. The smallest absolute Gasteiger partial charge is 0.0236 e. The van der Waals surface area contributed by atoms with Crippen LogP contribution in [0.5, 0.6) is 0 Å². The summed E-state index contributed by atoms with van der Waals surface area (Å²) >= 11 is 0. The molecule has 3 nitrogen and oxygen atoms in total. The van der Waals surface area contributed by atoms with Crippen LogP contribution in [0.15, 0.2) is 47.6 Å². The third kappa shape index (κ3) is 5.55. The highest BCUT2D eigenvalue weighted by molar-refractivity contribution is 5.36. The molecule has 1 aliphatic rings. The van der Waals surface area contributed by atoms with Crippen LogP contribution >= 0.6 is 0 Å². The summed E-state index contributed by atoms with van der Waals surface area (Å²) in [7, 11) is 0. The number of hydrogen-bond donors (Lipinski definition) is 3. The van der Waals surface area contributed by atoms with Crippen molar-refractivity contribution < 1.29 is 0 Å². The van der Waals surface area contributed by atoms with E-state index in [4.69, 9.17) is 5.73 Å². The van der Waals surface area contributed by atoms with E-state index in [1.807, 2.05) is 6.08 Å². The number of hydrogen-bond acceptors (Lipinski definition) is 3. The van der Waals surface area contributed by atoms with Gasteiger partial charge in [0.15, 0.2) is 0 Å². The second-order valence-corrected chi connectivity index (χ2v) is 4.95. The van der Waals surface area contributed by atoms with E-state index in [1.165, 1.54) is 16.7 Å². The topological polar surface area (TPSA) is 50.1 Å². The van der Waals surface area contributed by atoms with E-state index in [1.54, 1.807) is 0 Å². The van der Waals surface area contributed by atoms with Gasteiger partial charge in [0, 0.05) is 32.2 Å². The van der Waals surface area contributed by atoms with Gasteiger partial charge in [0.1, 0.15) is 0 Å². The zero-order valence-corrected chi connectivity index (χ0v) is 12.2. The van der Waals surface area contributed by atoms with Gasteiger partial charge in [0.25, 0.3) is 0 Å². The van der Waals surface area contributed by atoms with Crippen molar-refractivity contribution >= 4 is 0 Å². The fraction of sp³-hybridized carbons (Fsp3) is 0.500. The van der Waals surface area contributed by atoms with Gasteiger partial charge in [0.2, 0.25) is 0 Å². The minimum Gasteiger partial charge on any atom is -0.327 e. The second-order valence-electron chi connectivity index (χ2n) is 4.95. The van der Waals surface area contributed by atoms with Gasteiger partial charge < -0.3 is 16.4 Å². The lowest BCUT2D eigenvalue weighted by Gasteiger charge is -2.26. The number of rotatable bonds is 7. The molecular formula is C16H27N3. The Morgan fingerprint density at radius 3 is 2.95 bits per heavy atom. The molecule has 0 aromatic carbocycles. The second kappa shape index (κ2) is 8.86. The number of nitrogens with one attached hydrogen (secondary N) is 2. The zero-order valence-electron chi connectivity index (χ0n) is 12.2. The molecule has 0 fully saturated rings. The molecule has 0 saturated carbocycles. The summed E-state index contributed by atoms with van der Waals surface area (Å²) < 4.78 is 0. The molecule has 0 aromatic rings. The molecular weight excluding hydrogens is 234 g/mol. The first-order valence-corrected chi connectivity index (χ1v) is 6.98.